The predicted molar refractivity (Wildman–Crippen MR) is 87.5 cm³/mol. The molecule has 1 aliphatic heterocycles. The molecular formula is C17H23N4O+. The zero-order chi connectivity index (χ0) is 15.4. The number of carbonyl (C=O) groups excluding carboxylic acids is 1. The van der Waals surface area contributed by atoms with Crippen molar-refractivity contribution >= 4 is 16.8 Å². The SMILES string of the molecule is CCC[NH+]1CC=C(NNC(=O)c2c[nH]c3ccccc23)CC1. The van der Waals surface area contributed by atoms with Crippen LogP contribution in [0, 0.1) is 0 Å². The lowest BCUT2D eigenvalue weighted by Gasteiger charge is -2.23. The third kappa shape index (κ3) is 3.14. The molecule has 0 saturated carbocycles. The van der Waals surface area contributed by atoms with Crippen LogP contribution in [0.15, 0.2) is 42.2 Å². The monoisotopic (exact) mass is 299 g/mol. The summed E-state index contributed by atoms with van der Waals surface area (Å²) in [7, 11) is 0. The van der Waals surface area contributed by atoms with Gasteiger partial charge in [-0.2, -0.15) is 0 Å². The topological polar surface area (TPSA) is 61.4 Å². The third-order valence-corrected chi connectivity index (χ3v) is 4.16. The van der Waals surface area contributed by atoms with E-state index in [1.54, 1.807) is 11.1 Å². The van der Waals surface area contributed by atoms with Gasteiger partial charge in [0.2, 0.25) is 0 Å². The number of aromatic amines is 1. The fraction of sp³-hybridized carbons (Fsp3) is 0.353. The number of H-pyrrole nitrogens is 1. The minimum absolute atomic E-state index is 0.110. The average molecular weight is 299 g/mol. The van der Waals surface area contributed by atoms with Gasteiger partial charge in [-0.05, 0) is 18.6 Å². The van der Waals surface area contributed by atoms with Crippen molar-refractivity contribution in [2.45, 2.75) is 19.8 Å². The smallest absolute Gasteiger partial charge is 0.271 e. The van der Waals surface area contributed by atoms with Crippen molar-refractivity contribution in [3.8, 4) is 0 Å². The van der Waals surface area contributed by atoms with Crippen LogP contribution in [0.4, 0.5) is 0 Å². The number of hydrazine groups is 1. The van der Waals surface area contributed by atoms with Gasteiger partial charge >= 0.3 is 0 Å². The van der Waals surface area contributed by atoms with Crippen LogP contribution in [0.2, 0.25) is 0 Å². The van der Waals surface area contributed by atoms with E-state index in [0.29, 0.717) is 5.56 Å². The molecule has 116 valence electrons. The predicted octanol–water partition coefficient (Wildman–Crippen LogP) is 0.985. The van der Waals surface area contributed by atoms with Gasteiger partial charge < -0.3 is 15.3 Å². The lowest BCUT2D eigenvalue weighted by molar-refractivity contribution is -0.895. The number of hydrogen-bond acceptors (Lipinski definition) is 2. The standard InChI is InChI=1S/C17H22N4O/c1-2-9-21-10-7-13(8-11-21)19-20-17(22)15-12-18-16-6-4-3-5-14(15)16/h3-7,12,18-19H,2,8-11H2,1H3,(H,20,22)/p+1. The molecule has 1 aromatic heterocycles. The molecule has 5 nitrogen and oxygen atoms in total. The van der Waals surface area contributed by atoms with Crippen LogP contribution in [0.25, 0.3) is 10.9 Å². The molecule has 1 amide bonds. The summed E-state index contributed by atoms with van der Waals surface area (Å²) in [6.45, 7) is 5.58. The highest BCUT2D eigenvalue weighted by Gasteiger charge is 2.15. The lowest BCUT2D eigenvalue weighted by atomic mass is 10.1. The first-order chi connectivity index (χ1) is 10.8. The Morgan fingerprint density at radius 1 is 1.36 bits per heavy atom. The third-order valence-electron chi connectivity index (χ3n) is 4.16. The van der Waals surface area contributed by atoms with E-state index in [4.69, 9.17) is 0 Å². The molecule has 0 fully saturated rings. The molecule has 5 heteroatoms. The maximum Gasteiger partial charge on any atom is 0.271 e. The Hall–Kier alpha value is -2.27. The first kappa shape index (κ1) is 14.7. The first-order valence-corrected chi connectivity index (χ1v) is 7.93. The largest absolute Gasteiger partial charge is 0.360 e. The summed E-state index contributed by atoms with van der Waals surface area (Å²) < 4.78 is 0. The Morgan fingerprint density at radius 2 is 2.23 bits per heavy atom. The number of fused-ring (bicyclic) bond motifs is 1. The van der Waals surface area contributed by atoms with Gasteiger partial charge in [0, 0.05) is 29.2 Å². The molecule has 0 bridgehead atoms. The van der Waals surface area contributed by atoms with E-state index in [9.17, 15) is 4.79 Å². The average Bonchev–Trinajstić information content (AvgIpc) is 2.98. The molecule has 1 aliphatic rings. The molecule has 0 radical (unpaired) electrons. The van der Waals surface area contributed by atoms with Crippen LogP contribution >= 0.6 is 0 Å². The molecule has 22 heavy (non-hydrogen) atoms. The molecule has 0 saturated heterocycles. The number of rotatable bonds is 5. The number of quaternary nitrogens is 1. The molecule has 2 aromatic rings. The summed E-state index contributed by atoms with van der Waals surface area (Å²) in [5, 5.41) is 0.943. The minimum atomic E-state index is -0.110. The Labute approximate surface area is 130 Å². The van der Waals surface area contributed by atoms with E-state index in [2.05, 4.69) is 28.8 Å². The normalized spacial score (nSPS) is 18.0. The van der Waals surface area contributed by atoms with Crippen molar-refractivity contribution < 1.29 is 9.69 Å². The van der Waals surface area contributed by atoms with Crippen molar-refractivity contribution in [3.05, 3.63) is 47.8 Å². The summed E-state index contributed by atoms with van der Waals surface area (Å²) in [6, 6.07) is 7.81. The van der Waals surface area contributed by atoms with E-state index < -0.39 is 0 Å². The zero-order valence-electron chi connectivity index (χ0n) is 12.9. The van der Waals surface area contributed by atoms with Gasteiger partial charge in [0.1, 0.15) is 0 Å². The fourth-order valence-corrected chi connectivity index (χ4v) is 2.94. The summed E-state index contributed by atoms with van der Waals surface area (Å²) in [5.41, 5.74) is 8.62. The van der Waals surface area contributed by atoms with E-state index in [0.717, 1.165) is 36.1 Å². The maximum absolute atomic E-state index is 12.3. The summed E-state index contributed by atoms with van der Waals surface area (Å²) in [5.74, 6) is -0.110. The molecule has 1 aromatic carbocycles. The maximum atomic E-state index is 12.3. The number of aromatic nitrogens is 1. The summed E-state index contributed by atoms with van der Waals surface area (Å²) in [4.78, 5) is 17.0. The Bertz CT molecular complexity index is 689. The molecular weight excluding hydrogens is 276 g/mol. The van der Waals surface area contributed by atoms with Crippen molar-refractivity contribution in [2.24, 2.45) is 0 Å². The fourth-order valence-electron chi connectivity index (χ4n) is 2.94. The highest BCUT2D eigenvalue weighted by atomic mass is 16.2. The number of benzene rings is 1. The lowest BCUT2D eigenvalue weighted by Crippen LogP contribution is -3.12. The van der Waals surface area contributed by atoms with Gasteiger partial charge in [0.05, 0.1) is 25.2 Å². The van der Waals surface area contributed by atoms with E-state index in [-0.39, 0.29) is 5.91 Å². The second kappa shape index (κ2) is 6.66. The number of amides is 1. The van der Waals surface area contributed by atoms with E-state index in [1.807, 2.05) is 24.3 Å². The molecule has 0 spiro atoms. The van der Waals surface area contributed by atoms with Crippen LogP contribution in [-0.4, -0.2) is 30.5 Å². The number of nitrogens with one attached hydrogen (secondary N) is 4. The van der Waals surface area contributed by atoms with Crippen LogP contribution in [-0.2, 0) is 0 Å². The van der Waals surface area contributed by atoms with E-state index in [1.165, 1.54) is 13.0 Å². The van der Waals surface area contributed by atoms with Crippen molar-refractivity contribution in [2.75, 3.05) is 19.6 Å². The summed E-state index contributed by atoms with van der Waals surface area (Å²) in [6.07, 6.45) is 6.13. The van der Waals surface area contributed by atoms with Gasteiger partial charge in [0.25, 0.3) is 5.91 Å². The number of carbonyl (C=O) groups is 1. The zero-order valence-corrected chi connectivity index (χ0v) is 12.9. The first-order valence-electron chi connectivity index (χ1n) is 7.93. The van der Waals surface area contributed by atoms with Crippen molar-refractivity contribution in [3.63, 3.8) is 0 Å². The highest BCUT2D eigenvalue weighted by Crippen LogP contribution is 2.17. The minimum Gasteiger partial charge on any atom is -0.360 e. The van der Waals surface area contributed by atoms with E-state index >= 15 is 0 Å². The van der Waals surface area contributed by atoms with Crippen LogP contribution in [0.5, 0.6) is 0 Å². The molecule has 1 unspecified atom stereocenters. The van der Waals surface area contributed by atoms with Gasteiger partial charge in [-0.25, -0.2) is 0 Å². The molecule has 4 N–H and O–H groups in total. The second-order valence-corrected chi connectivity index (χ2v) is 5.76. The molecule has 1 atom stereocenters. The van der Waals surface area contributed by atoms with Crippen LogP contribution in [0.1, 0.15) is 30.1 Å². The van der Waals surface area contributed by atoms with Crippen LogP contribution < -0.4 is 15.8 Å². The van der Waals surface area contributed by atoms with Crippen molar-refractivity contribution in [1.82, 2.24) is 15.8 Å². The highest BCUT2D eigenvalue weighted by molar-refractivity contribution is 6.06. The molecule has 3 rings (SSSR count). The molecule has 2 heterocycles. The van der Waals surface area contributed by atoms with Gasteiger partial charge in [-0.1, -0.05) is 25.1 Å². The van der Waals surface area contributed by atoms with Crippen LogP contribution in [0.3, 0.4) is 0 Å². The van der Waals surface area contributed by atoms with Gasteiger partial charge in [-0.3, -0.25) is 10.2 Å². The second-order valence-electron chi connectivity index (χ2n) is 5.76. The molecule has 0 aliphatic carbocycles. The summed E-state index contributed by atoms with van der Waals surface area (Å²) >= 11 is 0. The number of hydrogen-bond donors (Lipinski definition) is 4. The van der Waals surface area contributed by atoms with Gasteiger partial charge in [-0.15, -0.1) is 0 Å². The Kier molecular flexibility index (Phi) is 4.44. The Morgan fingerprint density at radius 3 is 3.00 bits per heavy atom. The Balaban J connectivity index is 1.59. The quantitative estimate of drug-likeness (QED) is 0.622. The number of para-hydroxylation sites is 1. The van der Waals surface area contributed by atoms with Gasteiger partial charge in [0.15, 0.2) is 0 Å². The van der Waals surface area contributed by atoms with Crippen molar-refractivity contribution in [1.29, 1.82) is 0 Å².